The average Bonchev–Trinajstić information content (AvgIpc) is 2.52. The Hall–Kier alpha value is -2.08. The predicted octanol–water partition coefficient (Wildman–Crippen LogP) is 4.10. The fourth-order valence-electron chi connectivity index (χ4n) is 2.08. The second-order valence-electron chi connectivity index (χ2n) is 4.99. The highest BCUT2D eigenvalue weighted by atomic mass is 79.9. The van der Waals surface area contributed by atoms with Gasteiger partial charge in [-0.25, -0.2) is 4.39 Å². The van der Waals surface area contributed by atoms with E-state index in [1.807, 2.05) is 0 Å². The smallest absolute Gasteiger partial charge is 0.228 e. The van der Waals surface area contributed by atoms with Gasteiger partial charge in [0.05, 0.1) is 20.6 Å². The van der Waals surface area contributed by atoms with Crippen molar-refractivity contribution in [1.82, 2.24) is 0 Å². The highest BCUT2D eigenvalue weighted by Crippen LogP contribution is 2.33. The number of carbonyl (C=O) groups is 1. The van der Waals surface area contributed by atoms with Gasteiger partial charge in [-0.3, -0.25) is 4.79 Å². The van der Waals surface area contributed by atoms with Crippen LogP contribution in [-0.4, -0.2) is 20.1 Å². The molecule has 0 atom stereocenters. The van der Waals surface area contributed by atoms with Gasteiger partial charge in [0.15, 0.2) is 11.5 Å². The fourth-order valence-corrected chi connectivity index (χ4v) is 2.54. The zero-order valence-corrected chi connectivity index (χ0v) is 14.7. The number of methoxy groups -OCH3 is 2. The summed E-state index contributed by atoms with van der Waals surface area (Å²) in [5.41, 5.74) is 1.70. The summed E-state index contributed by atoms with van der Waals surface area (Å²) < 4.78 is 24.7. The Balaban J connectivity index is 2.15. The van der Waals surface area contributed by atoms with Gasteiger partial charge in [0, 0.05) is 10.2 Å². The molecule has 0 saturated heterocycles. The van der Waals surface area contributed by atoms with Gasteiger partial charge in [-0.05, 0) is 42.3 Å². The minimum absolute atomic E-state index is 0.121. The van der Waals surface area contributed by atoms with Gasteiger partial charge in [-0.15, -0.1) is 0 Å². The monoisotopic (exact) mass is 381 g/mol. The molecule has 2 aromatic rings. The number of hydrogen-bond donors (Lipinski definition) is 1. The largest absolute Gasteiger partial charge is 0.493 e. The first-order valence-electron chi connectivity index (χ1n) is 6.91. The van der Waals surface area contributed by atoms with Gasteiger partial charge < -0.3 is 14.8 Å². The average molecular weight is 382 g/mol. The van der Waals surface area contributed by atoms with Crippen molar-refractivity contribution < 1.29 is 18.7 Å². The van der Waals surface area contributed by atoms with E-state index < -0.39 is 0 Å². The number of halogens is 2. The van der Waals surface area contributed by atoms with Crippen LogP contribution < -0.4 is 14.8 Å². The van der Waals surface area contributed by atoms with Crippen LogP contribution in [0.3, 0.4) is 0 Å². The maximum absolute atomic E-state index is 13.5. The molecule has 0 aliphatic carbocycles. The molecule has 0 fully saturated rings. The molecule has 4 nitrogen and oxygen atoms in total. The summed E-state index contributed by atoms with van der Waals surface area (Å²) >= 11 is 3.41. The third-order valence-corrected chi connectivity index (χ3v) is 4.10. The maximum atomic E-state index is 13.5. The SMILES string of the molecule is COc1cc(Br)c(CC(=O)Nc2ccc(C)c(F)c2)cc1OC. The molecule has 0 heterocycles. The Morgan fingerprint density at radius 1 is 1.17 bits per heavy atom. The van der Waals surface area contributed by atoms with E-state index in [2.05, 4.69) is 21.2 Å². The normalized spacial score (nSPS) is 10.3. The summed E-state index contributed by atoms with van der Waals surface area (Å²) in [6, 6.07) is 8.07. The van der Waals surface area contributed by atoms with Crippen molar-refractivity contribution in [2.75, 3.05) is 19.5 Å². The van der Waals surface area contributed by atoms with Crippen LogP contribution in [0.15, 0.2) is 34.8 Å². The van der Waals surface area contributed by atoms with Crippen molar-refractivity contribution >= 4 is 27.5 Å². The number of nitrogens with one attached hydrogen (secondary N) is 1. The molecule has 0 aliphatic heterocycles. The molecule has 2 aromatic carbocycles. The van der Waals surface area contributed by atoms with E-state index in [4.69, 9.17) is 9.47 Å². The molecule has 0 bridgehead atoms. The highest BCUT2D eigenvalue weighted by molar-refractivity contribution is 9.10. The quantitative estimate of drug-likeness (QED) is 0.847. The first-order valence-corrected chi connectivity index (χ1v) is 7.70. The van der Waals surface area contributed by atoms with Gasteiger partial charge in [-0.2, -0.15) is 0 Å². The van der Waals surface area contributed by atoms with Gasteiger partial charge in [-0.1, -0.05) is 22.0 Å². The summed E-state index contributed by atoms with van der Waals surface area (Å²) in [4.78, 5) is 12.2. The predicted molar refractivity (Wildman–Crippen MR) is 90.7 cm³/mol. The van der Waals surface area contributed by atoms with Crippen LogP contribution in [0, 0.1) is 12.7 Å². The number of ether oxygens (including phenoxy) is 2. The van der Waals surface area contributed by atoms with Gasteiger partial charge >= 0.3 is 0 Å². The first kappa shape index (κ1) is 17.3. The second-order valence-corrected chi connectivity index (χ2v) is 5.84. The lowest BCUT2D eigenvalue weighted by molar-refractivity contribution is -0.115. The number of anilines is 1. The van der Waals surface area contributed by atoms with Crippen LogP contribution in [0.1, 0.15) is 11.1 Å². The minimum Gasteiger partial charge on any atom is -0.493 e. The Bertz CT molecular complexity index is 734. The summed E-state index contributed by atoms with van der Waals surface area (Å²) in [5.74, 6) is 0.514. The summed E-state index contributed by atoms with van der Waals surface area (Å²) in [5, 5.41) is 2.68. The molecule has 0 aromatic heterocycles. The van der Waals surface area contributed by atoms with Crippen LogP contribution in [0.5, 0.6) is 11.5 Å². The van der Waals surface area contributed by atoms with Crippen molar-refractivity contribution in [3.05, 3.63) is 51.7 Å². The third kappa shape index (κ3) is 4.22. The number of carbonyl (C=O) groups excluding carboxylic acids is 1. The van der Waals surface area contributed by atoms with E-state index in [0.29, 0.717) is 22.7 Å². The molecular weight excluding hydrogens is 365 g/mol. The topological polar surface area (TPSA) is 47.6 Å². The first-order chi connectivity index (χ1) is 10.9. The highest BCUT2D eigenvalue weighted by Gasteiger charge is 2.13. The van der Waals surface area contributed by atoms with Crippen LogP contribution in [0.4, 0.5) is 10.1 Å². The molecule has 1 N–H and O–H groups in total. The van der Waals surface area contributed by atoms with Crippen molar-refractivity contribution in [3.8, 4) is 11.5 Å². The van der Waals surface area contributed by atoms with Gasteiger partial charge in [0.25, 0.3) is 0 Å². The van der Waals surface area contributed by atoms with Crippen LogP contribution in [-0.2, 0) is 11.2 Å². The minimum atomic E-state index is -0.352. The van der Waals surface area contributed by atoms with E-state index in [-0.39, 0.29) is 18.1 Å². The number of benzene rings is 2. The van der Waals surface area contributed by atoms with Crippen molar-refractivity contribution in [1.29, 1.82) is 0 Å². The molecule has 6 heteroatoms. The summed E-state index contributed by atoms with van der Waals surface area (Å²) in [6.07, 6.45) is 0.121. The van der Waals surface area contributed by atoms with E-state index in [0.717, 1.165) is 10.0 Å². The maximum Gasteiger partial charge on any atom is 0.228 e. The molecule has 2 rings (SSSR count). The van der Waals surface area contributed by atoms with Crippen molar-refractivity contribution in [2.45, 2.75) is 13.3 Å². The van der Waals surface area contributed by atoms with E-state index in [9.17, 15) is 9.18 Å². The molecule has 0 aliphatic rings. The van der Waals surface area contributed by atoms with Crippen molar-refractivity contribution in [2.24, 2.45) is 0 Å². The Labute approximate surface area is 142 Å². The number of aryl methyl sites for hydroxylation is 1. The molecule has 0 saturated carbocycles. The number of amides is 1. The fraction of sp³-hybridized carbons (Fsp3) is 0.235. The number of hydrogen-bond acceptors (Lipinski definition) is 3. The molecular formula is C17H17BrFNO3. The summed E-state index contributed by atoms with van der Waals surface area (Å²) in [6.45, 7) is 1.67. The summed E-state index contributed by atoms with van der Waals surface area (Å²) in [7, 11) is 3.08. The molecule has 0 unspecified atom stereocenters. The Kier molecular flexibility index (Phi) is 5.60. The lowest BCUT2D eigenvalue weighted by Gasteiger charge is -2.12. The van der Waals surface area contributed by atoms with Crippen LogP contribution in [0.2, 0.25) is 0 Å². The standard InChI is InChI=1S/C17H17BrFNO3/c1-10-4-5-12(8-14(10)19)20-17(21)7-11-6-15(22-2)16(23-3)9-13(11)18/h4-6,8-9H,7H2,1-3H3,(H,20,21). The Morgan fingerprint density at radius 3 is 2.43 bits per heavy atom. The van der Waals surface area contributed by atoms with Gasteiger partial charge in [0.2, 0.25) is 5.91 Å². The Morgan fingerprint density at radius 2 is 1.83 bits per heavy atom. The van der Waals surface area contributed by atoms with E-state index >= 15 is 0 Å². The molecule has 0 spiro atoms. The van der Waals surface area contributed by atoms with E-state index in [1.54, 1.807) is 38.3 Å². The molecule has 23 heavy (non-hydrogen) atoms. The molecule has 1 amide bonds. The number of rotatable bonds is 5. The second kappa shape index (κ2) is 7.46. The lowest BCUT2D eigenvalue weighted by atomic mass is 10.1. The van der Waals surface area contributed by atoms with E-state index in [1.165, 1.54) is 13.2 Å². The third-order valence-electron chi connectivity index (χ3n) is 3.36. The molecule has 122 valence electrons. The van der Waals surface area contributed by atoms with Gasteiger partial charge in [0.1, 0.15) is 5.82 Å². The molecule has 0 radical (unpaired) electrons. The zero-order valence-electron chi connectivity index (χ0n) is 13.1. The zero-order chi connectivity index (χ0) is 17.0. The van der Waals surface area contributed by atoms with Crippen LogP contribution >= 0.6 is 15.9 Å². The van der Waals surface area contributed by atoms with Crippen LogP contribution in [0.25, 0.3) is 0 Å². The van der Waals surface area contributed by atoms with Crippen molar-refractivity contribution in [3.63, 3.8) is 0 Å². The lowest BCUT2D eigenvalue weighted by Crippen LogP contribution is -2.15.